The van der Waals surface area contributed by atoms with Gasteiger partial charge in [0.15, 0.2) is 0 Å². The van der Waals surface area contributed by atoms with Crippen molar-refractivity contribution in [3.63, 3.8) is 0 Å². The second kappa shape index (κ2) is 8.80. The van der Waals surface area contributed by atoms with Crippen molar-refractivity contribution in [2.45, 2.75) is 20.4 Å². The lowest BCUT2D eigenvalue weighted by atomic mass is 10.1. The summed E-state index contributed by atoms with van der Waals surface area (Å²) in [5.41, 5.74) is 0.825. The maximum atomic E-state index is 14.0. The molecule has 0 atom stereocenters. The molecule has 2 amide bonds. The Labute approximate surface area is 172 Å². The number of halogens is 2. The van der Waals surface area contributed by atoms with Gasteiger partial charge in [0, 0.05) is 16.1 Å². The molecule has 4 nitrogen and oxygen atoms in total. The molecule has 3 rings (SSSR count). The molecular formula is C21H19ClFNO3S. The van der Waals surface area contributed by atoms with Gasteiger partial charge in [-0.1, -0.05) is 49.7 Å². The summed E-state index contributed by atoms with van der Waals surface area (Å²) in [5.74, 6) is -0.0399. The Bertz CT molecular complexity index is 925. The number of carbonyl (C=O) groups excluding carboxylic acids is 2. The summed E-state index contributed by atoms with van der Waals surface area (Å²) < 4.78 is 19.8. The molecule has 7 heteroatoms. The van der Waals surface area contributed by atoms with Gasteiger partial charge in [-0.2, -0.15) is 0 Å². The van der Waals surface area contributed by atoms with Crippen LogP contribution in [-0.4, -0.2) is 22.7 Å². The van der Waals surface area contributed by atoms with E-state index in [1.54, 1.807) is 6.08 Å². The number of amides is 2. The lowest BCUT2D eigenvalue weighted by molar-refractivity contribution is -0.123. The van der Waals surface area contributed by atoms with E-state index in [4.69, 9.17) is 16.3 Å². The molecule has 0 radical (unpaired) electrons. The average Bonchev–Trinajstić information content (AvgIpc) is 2.91. The Morgan fingerprint density at radius 3 is 2.64 bits per heavy atom. The van der Waals surface area contributed by atoms with Crippen LogP contribution in [0.5, 0.6) is 5.75 Å². The van der Waals surface area contributed by atoms with E-state index < -0.39 is 17.0 Å². The van der Waals surface area contributed by atoms with E-state index in [-0.39, 0.29) is 22.0 Å². The maximum Gasteiger partial charge on any atom is 0.293 e. The van der Waals surface area contributed by atoms with Crippen LogP contribution < -0.4 is 4.74 Å². The highest BCUT2D eigenvalue weighted by Crippen LogP contribution is 2.36. The van der Waals surface area contributed by atoms with Gasteiger partial charge in [-0.25, -0.2) is 4.39 Å². The zero-order chi connectivity index (χ0) is 20.3. The normalized spacial score (nSPS) is 15.8. The topological polar surface area (TPSA) is 46.6 Å². The quantitative estimate of drug-likeness (QED) is 0.559. The summed E-state index contributed by atoms with van der Waals surface area (Å²) in [4.78, 5) is 26.3. The molecule has 0 saturated carbocycles. The zero-order valence-corrected chi connectivity index (χ0v) is 17.0. The number of benzene rings is 2. The van der Waals surface area contributed by atoms with Crippen molar-refractivity contribution in [2.24, 2.45) is 5.92 Å². The molecule has 0 aromatic heterocycles. The Balaban J connectivity index is 1.84. The van der Waals surface area contributed by atoms with Crippen molar-refractivity contribution in [3.8, 4) is 5.75 Å². The number of hydrogen-bond acceptors (Lipinski definition) is 4. The first kappa shape index (κ1) is 20.4. The number of rotatable bonds is 6. The predicted octanol–water partition coefficient (Wildman–Crippen LogP) is 5.75. The molecular weight excluding hydrogens is 401 g/mol. The van der Waals surface area contributed by atoms with Crippen molar-refractivity contribution in [2.75, 3.05) is 6.61 Å². The number of nitrogens with zero attached hydrogens (tertiary/aromatic N) is 1. The number of para-hydroxylation sites is 1. The molecule has 1 aliphatic heterocycles. The van der Waals surface area contributed by atoms with Gasteiger partial charge >= 0.3 is 0 Å². The third-order valence-corrected chi connectivity index (χ3v) is 5.29. The fraction of sp³-hybridized carbons (Fsp3) is 0.238. The van der Waals surface area contributed by atoms with Crippen LogP contribution in [0.15, 0.2) is 47.4 Å². The first-order valence-corrected chi connectivity index (χ1v) is 9.96. The van der Waals surface area contributed by atoms with Crippen molar-refractivity contribution < 1.29 is 18.7 Å². The molecule has 0 aliphatic carbocycles. The number of carbonyl (C=O) groups is 2. The lowest BCUT2D eigenvalue weighted by Crippen LogP contribution is -2.28. The van der Waals surface area contributed by atoms with Crippen LogP contribution in [0.4, 0.5) is 9.18 Å². The summed E-state index contributed by atoms with van der Waals surface area (Å²) in [6.45, 7) is 4.42. The van der Waals surface area contributed by atoms with E-state index in [1.165, 1.54) is 18.2 Å². The fourth-order valence-electron chi connectivity index (χ4n) is 2.61. The van der Waals surface area contributed by atoms with Gasteiger partial charge in [-0.05, 0) is 42.0 Å². The van der Waals surface area contributed by atoms with Gasteiger partial charge < -0.3 is 4.74 Å². The van der Waals surface area contributed by atoms with Crippen molar-refractivity contribution in [1.82, 2.24) is 4.90 Å². The Morgan fingerprint density at radius 2 is 1.93 bits per heavy atom. The fourth-order valence-corrected chi connectivity index (χ4v) is 3.66. The summed E-state index contributed by atoms with van der Waals surface area (Å²) in [5, 5.41) is -0.286. The molecule has 0 bridgehead atoms. The Morgan fingerprint density at radius 1 is 1.18 bits per heavy atom. The molecule has 2 aromatic carbocycles. The second-order valence-corrected chi connectivity index (χ2v) is 8.11. The number of ether oxygens (including phenoxy) is 1. The van der Waals surface area contributed by atoms with Crippen LogP contribution in [0, 0.1) is 11.7 Å². The van der Waals surface area contributed by atoms with Crippen LogP contribution in [0.1, 0.15) is 25.0 Å². The molecule has 1 saturated heterocycles. The van der Waals surface area contributed by atoms with E-state index in [0.717, 1.165) is 16.7 Å². The summed E-state index contributed by atoms with van der Waals surface area (Å²) >= 11 is 6.84. The van der Waals surface area contributed by atoms with Crippen LogP contribution in [0.25, 0.3) is 6.08 Å². The van der Waals surface area contributed by atoms with Crippen molar-refractivity contribution in [3.05, 3.63) is 69.3 Å². The highest BCUT2D eigenvalue weighted by Gasteiger charge is 2.36. The molecule has 0 unspecified atom stereocenters. The van der Waals surface area contributed by atoms with E-state index in [0.29, 0.717) is 23.8 Å². The molecule has 1 fully saturated rings. The monoisotopic (exact) mass is 419 g/mol. The molecule has 1 heterocycles. The minimum atomic E-state index is -0.553. The molecule has 2 aromatic rings. The Hall–Kier alpha value is -2.31. The summed E-state index contributed by atoms with van der Waals surface area (Å²) in [6, 6.07) is 11.6. The summed E-state index contributed by atoms with van der Waals surface area (Å²) in [7, 11) is 0. The zero-order valence-electron chi connectivity index (χ0n) is 15.4. The highest BCUT2D eigenvalue weighted by atomic mass is 35.5. The van der Waals surface area contributed by atoms with E-state index in [1.807, 2.05) is 38.1 Å². The largest absolute Gasteiger partial charge is 0.493 e. The van der Waals surface area contributed by atoms with Gasteiger partial charge in [0.25, 0.3) is 11.1 Å². The molecule has 28 heavy (non-hydrogen) atoms. The lowest BCUT2D eigenvalue weighted by Gasteiger charge is -2.14. The number of thioether (sulfide) groups is 1. The van der Waals surface area contributed by atoms with Gasteiger partial charge in [0.05, 0.1) is 18.1 Å². The van der Waals surface area contributed by atoms with Crippen LogP contribution in [0.3, 0.4) is 0 Å². The van der Waals surface area contributed by atoms with Gasteiger partial charge in [-0.15, -0.1) is 0 Å². The van der Waals surface area contributed by atoms with Gasteiger partial charge in [-0.3, -0.25) is 14.5 Å². The molecule has 146 valence electrons. The minimum Gasteiger partial charge on any atom is -0.493 e. The molecule has 0 N–H and O–H groups in total. The number of hydrogen-bond donors (Lipinski definition) is 0. The minimum absolute atomic E-state index is 0.119. The van der Waals surface area contributed by atoms with Crippen LogP contribution in [0.2, 0.25) is 5.02 Å². The van der Waals surface area contributed by atoms with E-state index in [2.05, 4.69) is 0 Å². The van der Waals surface area contributed by atoms with Crippen LogP contribution >= 0.6 is 23.4 Å². The van der Waals surface area contributed by atoms with E-state index >= 15 is 0 Å². The van der Waals surface area contributed by atoms with Crippen LogP contribution in [-0.2, 0) is 11.3 Å². The predicted molar refractivity (Wildman–Crippen MR) is 110 cm³/mol. The van der Waals surface area contributed by atoms with Crippen molar-refractivity contribution >= 4 is 40.6 Å². The second-order valence-electron chi connectivity index (χ2n) is 6.71. The molecule has 1 aliphatic rings. The average molecular weight is 420 g/mol. The van der Waals surface area contributed by atoms with Gasteiger partial charge in [0.1, 0.15) is 11.6 Å². The van der Waals surface area contributed by atoms with E-state index in [9.17, 15) is 14.0 Å². The van der Waals surface area contributed by atoms with Crippen molar-refractivity contribution in [1.29, 1.82) is 0 Å². The third kappa shape index (κ3) is 4.56. The SMILES string of the molecule is CC(C)COc1ccccc1/C=C1\SC(=O)N(Cc2c(F)cccc2Cl)C1=O. The maximum absolute atomic E-state index is 14.0. The standard InChI is InChI=1S/C21H19ClFNO3S/c1-13(2)12-27-18-9-4-3-6-14(18)10-19-20(25)24(21(26)28-19)11-15-16(22)7-5-8-17(15)23/h3-10,13H,11-12H2,1-2H3/b19-10-. The highest BCUT2D eigenvalue weighted by molar-refractivity contribution is 8.18. The first-order valence-electron chi connectivity index (χ1n) is 8.77. The van der Waals surface area contributed by atoms with Gasteiger partial charge in [0.2, 0.25) is 0 Å². The number of imide groups is 1. The Kier molecular flexibility index (Phi) is 6.42. The first-order chi connectivity index (χ1) is 13.4. The smallest absolute Gasteiger partial charge is 0.293 e. The molecule has 0 spiro atoms. The summed E-state index contributed by atoms with van der Waals surface area (Å²) in [6.07, 6.45) is 1.63. The third-order valence-electron chi connectivity index (χ3n) is 4.03.